The molecule has 0 saturated carbocycles. The van der Waals surface area contributed by atoms with Gasteiger partial charge in [-0.1, -0.05) is 12.1 Å². The van der Waals surface area contributed by atoms with Gasteiger partial charge in [-0.3, -0.25) is 10.1 Å². The molecule has 0 amide bonds. The molecule has 1 aliphatic heterocycles. The first-order valence-electron chi connectivity index (χ1n) is 9.99. The molecule has 152 valence electrons. The number of nitrogens with zero attached hydrogens (tertiary/aromatic N) is 4. The predicted octanol–water partition coefficient (Wildman–Crippen LogP) is 3.22. The SMILES string of the molecule is COc1cccc(-c2ccc3[nH]nc(-c4cncc(O[C@@H]5CCCNC5)n4)c3c2)n1. The Bertz CT molecular complexity index is 1170. The van der Waals surface area contributed by atoms with Crippen molar-refractivity contribution in [2.45, 2.75) is 18.9 Å². The van der Waals surface area contributed by atoms with Crippen molar-refractivity contribution in [2.24, 2.45) is 0 Å². The van der Waals surface area contributed by atoms with Gasteiger partial charge in [-0.15, -0.1) is 0 Å². The average Bonchev–Trinajstić information content (AvgIpc) is 3.23. The summed E-state index contributed by atoms with van der Waals surface area (Å²) in [6.07, 6.45) is 5.59. The lowest BCUT2D eigenvalue weighted by molar-refractivity contribution is 0.160. The van der Waals surface area contributed by atoms with Gasteiger partial charge in [-0.2, -0.15) is 5.10 Å². The van der Waals surface area contributed by atoms with Crippen LogP contribution >= 0.6 is 0 Å². The number of hydrogen-bond donors (Lipinski definition) is 2. The number of fused-ring (bicyclic) bond motifs is 1. The molecule has 0 aliphatic carbocycles. The minimum Gasteiger partial charge on any atom is -0.481 e. The molecule has 4 heterocycles. The van der Waals surface area contributed by atoms with E-state index in [1.54, 1.807) is 19.5 Å². The Hall–Kier alpha value is -3.52. The molecule has 4 aromatic rings. The Morgan fingerprint density at radius 2 is 1.97 bits per heavy atom. The maximum atomic E-state index is 6.03. The molecular weight excluding hydrogens is 380 g/mol. The lowest BCUT2D eigenvalue weighted by atomic mass is 10.1. The van der Waals surface area contributed by atoms with E-state index in [-0.39, 0.29) is 6.10 Å². The normalized spacial score (nSPS) is 16.5. The summed E-state index contributed by atoms with van der Waals surface area (Å²) in [5.41, 5.74) is 4.11. The van der Waals surface area contributed by atoms with Gasteiger partial charge < -0.3 is 14.8 Å². The minimum absolute atomic E-state index is 0.116. The van der Waals surface area contributed by atoms with E-state index in [0.717, 1.165) is 53.8 Å². The van der Waals surface area contributed by atoms with Crippen molar-refractivity contribution >= 4 is 10.9 Å². The van der Waals surface area contributed by atoms with Crippen LogP contribution in [-0.4, -0.2) is 51.5 Å². The number of methoxy groups -OCH3 is 1. The van der Waals surface area contributed by atoms with Gasteiger partial charge in [0.05, 0.1) is 30.7 Å². The highest BCUT2D eigenvalue weighted by Gasteiger charge is 2.17. The summed E-state index contributed by atoms with van der Waals surface area (Å²) >= 11 is 0. The molecule has 1 atom stereocenters. The van der Waals surface area contributed by atoms with Crippen LogP contribution in [0, 0.1) is 0 Å². The van der Waals surface area contributed by atoms with Crippen molar-refractivity contribution in [1.82, 2.24) is 30.5 Å². The Morgan fingerprint density at radius 3 is 2.83 bits per heavy atom. The maximum absolute atomic E-state index is 6.03. The van der Waals surface area contributed by atoms with Crippen LogP contribution in [0.2, 0.25) is 0 Å². The topological polar surface area (TPSA) is 97.8 Å². The molecule has 1 aliphatic rings. The summed E-state index contributed by atoms with van der Waals surface area (Å²) in [4.78, 5) is 13.5. The van der Waals surface area contributed by atoms with Crippen LogP contribution in [0.5, 0.6) is 11.8 Å². The van der Waals surface area contributed by atoms with Crippen LogP contribution in [0.3, 0.4) is 0 Å². The van der Waals surface area contributed by atoms with Gasteiger partial charge in [0.2, 0.25) is 11.8 Å². The van der Waals surface area contributed by atoms with E-state index in [1.807, 2.05) is 30.3 Å². The molecule has 0 unspecified atom stereocenters. The molecule has 1 fully saturated rings. The highest BCUT2D eigenvalue weighted by Crippen LogP contribution is 2.30. The van der Waals surface area contributed by atoms with Crippen molar-refractivity contribution in [3.05, 3.63) is 48.8 Å². The van der Waals surface area contributed by atoms with Gasteiger partial charge in [0.15, 0.2) is 0 Å². The molecule has 5 rings (SSSR count). The standard InChI is InChI=1S/C22H22N6O2/c1-29-20-6-2-5-17(25-20)14-7-8-18-16(10-14)22(28-27-18)19-12-24-13-21(26-19)30-15-4-3-9-23-11-15/h2,5-8,10,12-13,15,23H,3-4,9,11H2,1H3,(H,27,28)/t15-/m1/s1. The van der Waals surface area contributed by atoms with E-state index in [0.29, 0.717) is 17.5 Å². The number of ether oxygens (including phenoxy) is 2. The smallest absolute Gasteiger partial charge is 0.233 e. The molecule has 8 nitrogen and oxygen atoms in total. The van der Waals surface area contributed by atoms with E-state index < -0.39 is 0 Å². The molecule has 1 aromatic carbocycles. The van der Waals surface area contributed by atoms with Crippen LogP contribution in [-0.2, 0) is 0 Å². The number of benzene rings is 1. The van der Waals surface area contributed by atoms with Crippen molar-refractivity contribution in [3.8, 4) is 34.4 Å². The zero-order valence-electron chi connectivity index (χ0n) is 16.6. The van der Waals surface area contributed by atoms with Gasteiger partial charge in [0.1, 0.15) is 17.5 Å². The molecular formula is C22H22N6O2. The minimum atomic E-state index is 0.116. The second-order valence-electron chi connectivity index (χ2n) is 7.23. The van der Waals surface area contributed by atoms with Crippen LogP contribution in [0.25, 0.3) is 33.5 Å². The lowest BCUT2D eigenvalue weighted by Crippen LogP contribution is -2.37. The van der Waals surface area contributed by atoms with Crippen molar-refractivity contribution in [3.63, 3.8) is 0 Å². The van der Waals surface area contributed by atoms with Crippen LogP contribution in [0.4, 0.5) is 0 Å². The largest absolute Gasteiger partial charge is 0.481 e. The first-order valence-corrected chi connectivity index (χ1v) is 9.99. The number of H-pyrrole nitrogens is 1. The number of pyridine rings is 1. The Labute approximate surface area is 173 Å². The van der Waals surface area contributed by atoms with Crippen LogP contribution in [0.15, 0.2) is 48.8 Å². The summed E-state index contributed by atoms with van der Waals surface area (Å²) in [5, 5.41) is 11.8. The molecule has 30 heavy (non-hydrogen) atoms. The zero-order valence-corrected chi connectivity index (χ0v) is 16.6. The van der Waals surface area contributed by atoms with Gasteiger partial charge in [-0.05, 0) is 37.6 Å². The third-order valence-electron chi connectivity index (χ3n) is 5.19. The Kier molecular flexibility index (Phi) is 4.98. The Morgan fingerprint density at radius 1 is 1.03 bits per heavy atom. The quantitative estimate of drug-likeness (QED) is 0.529. The van der Waals surface area contributed by atoms with E-state index in [1.165, 1.54) is 0 Å². The number of piperidine rings is 1. The third-order valence-corrected chi connectivity index (χ3v) is 5.19. The van der Waals surface area contributed by atoms with Crippen molar-refractivity contribution < 1.29 is 9.47 Å². The monoisotopic (exact) mass is 402 g/mol. The average molecular weight is 402 g/mol. The van der Waals surface area contributed by atoms with Gasteiger partial charge in [0, 0.05) is 23.6 Å². The fraction of sp³-hybridized carbons (Fsp3) is 0.273. The number of hydrogen-bond acceptors (Lipinski definition) is 7. The number of nitrogens with one attached hydrogen (secondary N) is 2. The maximum Gasteiger partial charge on any atom is 0.233 e. The highest BCUT2D eigenvalue weighted by atomic mass is 16.5. The number of rotatable bonds is 5. The van der Waals surface area contributed by atoms with Crippen LogP contribution < -0.4 is 14.8 Å². The van der Waals surface area contributed by atoms with Gasteiger partial charge in [-0.25, -0.2) is 9.97 Å². The molecule has 1 saturated heterocycles. The van der Waals surface area contributed by atoms with E-state index >= 15 is 0 Å². The Balaban J connectivity index is 1.49. The third kappa shape index (κ3) is 3.69. The fourth-order valence-corrected chi connectivity index (χ4v) is 3.67. The molecule has 0 spiro atoms. The summed E-state index contributed by atoms with van der Waals surface area (Å²) < 4.78 is 11.3. The van der Waals surface area contributed by atoms with Gasteiger partial charge >= 0.3 is 0 Å². The molecule has 0 bridgehead atoms. The molecule has 8 heteroatoms. The number of aromatic amines is 1. The second-order valence-corrected chi connectivity index (χ2v) is 7.23. The molecule has 2 N–H and O–H groups in total. The van der Waals surface area contributed by atoms with E-state index in [9.17, 15) is 0 Å². The van der Waals surface area contributed by atoms with Gasteiger partial charge in [0.25, 0.3) is 0 Å². The summed E-state index contributed by atoms with van der Waals surface area (Å²) in [7, 11) is 1.61. The zero-order chi connectivity index (χ0) is 20.3. The van der Waals surface area contributed by atoms with Crippen molar-refractivity contribution in [1.29, 1.82) is 0 Å². The highest BCUT2D eigenvalue weighted by molar-refractivity contribution is 5.94. The first kappa shape index (κ1) is 18.5. The van der Waals surface area contributed by atoms with Crippen molar-refractivity contribution in [2.75, 3.05) is 20.2 Å². The lowest BCUT2D eigenvalue weighted by Gasteiger charge is -2.23. The summed E-state index contributed by atoms with van der Waals surface area (Å²) in [6.45, 7) is 1.86. The first-order chi connectivity index (χ1) is 14.8. The fourth-order valence-electron chi connectivity index (χ4n) is 3.67. The summed E-state index contributed by atoms with van der Waals surface area (Å²) in [6, 6.07) is 11.8. The molecule has 0 radical (unpaired) electrons. The van der Waals surface area contributed by atoms with E-state index in [4.69, 9.17) is 9.47 Å². The predicted molar refractivity (Wildman–Crippen MR) is 113 cm³/mol. The number of aromatic nitrogens is 5. The second kappa shape index (κ2) is 8.08. The molecule has 3 aromatic heterocycles. The van der Waals surface area contributed by atoms with Crippen LogP contribution in [0.1, 0.15) is 12.8 Å². The van der Waals surface area contributed by atoms with E-state index in [2.05, 4.69) is 36.5 Å². The summed E-state index contributed by atoms with van der Waals surface area (Å²) in [5.74, 6) is 1.09.